The van der Waals surface area contributed by atoms with E-state index in [2.05, 4.69) is 244 Å². The molecular formula is C62H61N4O+. The summed E-state index contributed by atoms with van der Waals surface area (Å²) in [5.74, 6) is 3.25. The lowest BCUT2D eigenvalue weighted by atomic mass is 9.85. The number of ether oxygens (including phenoxy) is 1. The number of rotatable bonds is 9. The van der Waals surface area contributed by atoms with Gasteiger partial charge in [-0.3, -0.25) is 4.57 Å². The number of hydrogen-bond donors (Lipinski definition) is 0. The fourth-order valence-electron chi connectivity index (χ4n) is 10.8. The normalized spacial score (nSPS) is 17.7. The number of pyridine rings is 1. The molecule has 67 heavy (non-hydrogen) atoms. The maximum atomic E-state index is 7.12. The zero-order valence-electron chi connectivity index (χ0n) is 40.6. The molecule has 5 nitrogen and oxygen atoms in total. The summed E-state index contributed by atoms with van der Waals surface area (Å²) in [5, 5.41) is 2.35. The molecule has 0 bridgehead atoms. The second-order valence-corrected chi connectivity index (χ2v) is 21.5. The minimum atomic E-state index is -0.0198. The Morgan fingerprint density at radius 3 is 1.87 bits per heavy atom. The molecule has 0 amide bonds. The highest BCUT2D eigenvalue weighted by molar-refractivity contribution is 6.09. The van der Waals surface area contributed by atoms with Crippen molar-refractivity contribution in [1.29, 1.82) is 0 Å². The van der Waals surface area contributed by atoms with Crippen LogP contribution in [0.4, 0.5) is 22.7 Å². The van der Waals surface area contributed by atoms with Crippen molar-refractivity contribution in [3.05, 3.63) is 199 Å². The van der Waals surface area contributed by atoms with Crippen LogP contribution in [0.5, 0.6) is 11.5 Å². The Bertz CT molecular complexity index is 3370. The van der Waals surface area contributed by atoms with Gasteiger partial charge in [-0.05, 0) is 104 Å². The lowest BCUT2D eigenvalue weighted by Crippen LogP contribution is -2.46. The lowest BCUT2D eigenvalue weighted by Gasteiger charge is -2.41. The SMILES string of the molecule is CC(C)c1cccc(C(C)C)c1-c1cccc([N@+]23[CH-][N+]2(c2cc(Oc4ccc5c6ccccc6n(-c6cc(C(C)(C)C)ccn6)c5c4)cc(-c4ccccc4)c2)c2cc(C(C)(C)C)ccc23)c1. The Morgan fingerprint density at radius 2 is 1.13 bits per heavy atom. The first-order chi connectivity index (χ1) is 32.1. The third-order valence-corrected chi connectivity index (χ3v) is 14.4. The molecule has 0 radical (unpaired) electrons. The monoisotopic (exact) mass is 877 g/mol. The number of para-hydroxylation sites is 1. The summed E-state index contributed by atoms with van der Waals surface area (Å²) in [5.41, 5.74) is 17.4. The van der Waals surface area contributed by atoms with Crippen molar-refractivity contribution in [3.63, 3.8) is 0 Å². The van der Waals surface area contributed by atoms with E-state index in [1.807, 2.05) is 6.20 Å². The first-order valence-corrected chi connectivity index (χ1v) is 24.0. The summed E-state index contributed by atoms with van der Waals surface area (Å²) >= 11 is 0. The Hall–Kier alpha value is -6.79. The van der Waals surface area contributed by atoms with Crippen LogP contribution < -0.4 is 13.9 Å². The predicted molar refractivity (Wildman–Crippen MR) is 282 cm³/mol. The molecule has 0 N–H and O–H groups in total. The Labute approximate surface area is 396 Å². The molecule has 0 aliphatic carbocycles. The summed E-state index contributed by atoms with van der Waals surface area (Å²) in [4.78, 5) is 4.95. The summed E-state index contributed by atoms with van der Waals surface area (Å²) in [7, 11) is 0. The van der Waals surface area contributed by atoms with E-state index in [1.54, 1.807) is 0 Å². The van der Waals surface area contributed by atoms with E-state index in [1.165, 1.54) is 55.8 Å². The molecule has 2 atom stereocenters. The van der Waals surface area contributed by atoms with Gasteiger partial charge < -0.3 is 4.74 Å². The zero-order chi connectivity index (χ0) is 46.6. The van der Waals surface area contributed by atoms with Crippen molar-refractivity contribution in [2.24, 2.45) is 0 Å². The van der Waals surface area contributed by atoms with Crippen LogP contribution in [0.1, 0.15) is 103 Å². The highest BCUT2D eigenvalue weighted by Gasteiger charge is 2.78. The molecule has 0 saturated carbocycles. The van der Waals surface area contributed by atoms with Gasteiger partial charge >= 0.3 is 0 Å². The fraction of sp³-hybridized carbons (Fsp3) is 0.226. The quantitative estimate of drug-likeness (QED) is 0.0821. The molecule has 4 heterocycles. The lowest BCUT2D eigenvalue weighted by molar-refractivity contribution is 0.422. The number of quaternary nitrogens is 2. The number of benzene rings is 7. The second kappa shape index (κ2) is 15.4. The molecule has 7 aromatic carbocycles. The van der Waals surface area contributed by atoms with Crippen molar-refractivity contribution < 1.29 is 4.74 Å². The van der Waals surface area contributed by atoms with Crippen LogP contribution in [-0.2, 0) is 10.8 Å². The number of nitrogens with zero attached hydrogens (tertiary/aromatic N) is 4. The van der Waals surface area contributed by atoms with Crippen molar-refractivity contribution >= 4 is 44.6 Å². The number of hydrogen-bond acceptors (Lipinski definition) is 2. The standard InChI is InChI=1S/C62H61N4O/c1-40(2)51-23-17-24-52(41(3)4)60(51)43-20-16-21-47(32-43)65-39-66(65,58-35-45(61(5,6)7)26-29-57(58)65)48-33-44(42-18-12-11-13-19-42)34-50(37-48)67-49-27-28-54-53-22-14-15-25-55(53)64(56(54)38-49)59-36-46(30-31-63-59)62(8,9)10/h11-41H,1-10H3/q+1/t65-,66?/m0/s1. The fourth-order valence-corrected chi connectivity index (χ4v) is 10.8. The van der Waals surface area contributed by atoms with E-state index in [4.69, 9.17) is 9.72 Å². The van der Waals surface area contributed by atoms with Crippen LogP contribution >= 0.6 is 0 Å². The van der Waals surface area contributed by atoms with Gasteiger partial charge in [0.2, 0.25) is 11.4 Å². The molecule has 0 spiro atoms. The van der Waals surface area contributed by atoms with Gasteiger partial charge in [0.25, 0.3) is 0 Å². The molecule has 2 aromatic heterocycles. The Morgan fingerprint density at radius 1 is 0.493 bits per heavy atom. The molecular weight excluding hydrogens is 817 g/mol. The van der Waals surface area contributed by atoms with Gasteiger partial charge in [0.05, 0.1) is 11.0 Å². The highest BCUT2D eigenvalue weighted by atomic mass is 16.5. The minimum Gasteiger partial charge on any atom is -0.457 e. The molecule has 1 unspecified atom stereocenters. The predicted octanol–water partition coefficient (Wildman–Crippen LogP) is 17.5. The molecule has 1 saturated heterocycles. The van der Waals surface area contributed by atoms with E-state index in [0.29, 0.717) is 21.0 Å². The number of aromatic nitrogens is 2. The van der Waals surface area contributed by atoms with Gasteiger partial charge in [-0.25, -0.2) is 4.98 Å². The largest absolute Gasteiger partial charge is 0.457 e. The third kappa shape index (κ3) is 6.77. The van der Waals surface area contributed by atoms with E-state index >= 15 is 0 Å². The average molecular weight is 878 g/mol. The van der Waals surface area contributed by atoms with Crippen molar-refractivity contribution in [2.45, 2.75) is 91.9 Å². The zero-order valence-corrected chi connectivity index (χ0v) is 40.6. The summed E-state index contributed by atoms with van der Waals surface area (Å²) in [6.07, 6.45) is 1.94. The maximum Gasteiger partial charge on any atom is 0.225 e. The van der Waals surface area contributed by atoms with E-state index in [-0.39, 0.29) is 10.8 Å². The smallest absolute Gasteiger partial charge is 0.225 e. The van der Waals surface area contributed by atoms with Crippen molar-refractivity contribution in [2.75, 3.05) is 0 Å². The second-order valence-electron chi connectivity index (χ2n) is 21.5. The van der Waals surface area contributed by atoms with Gasteiger partial charge in [0, 0.05) is 59.4 Å². The van der Waals surface area contributed by atoms with Gasteiger partial charge in [-0.1, -0.05) is 154 Å². The van der Waals surface area contributed by atoms with Crippen LogP contribution in [0.2, 0.25) is 0 Å². The Balaban J connectivity index is 1.08. The van der Waals surface area contributed by atoms with E-state index in [9.17, 15) is 0 Å². The van der Waals surface area contributed by atoms with Gasteiger partial charge in [0.1, 0.15) is 17.3 Å². The van der Waals surface area contributed by atoms with Crippen molar-refractivity contribution in [3.8, 4) is 39.6 Å². The molecule has 9 aromatic rings. The van der Waals surface area contributed by atoms with Crippen LogP contribution in [-0.4, -0.2) is 9.55 Å². The third-order valence-electron chi connectivity index (χ3n) is 14.4. The van der Waals surface area contributed by atoms with E-state index < -0.39 is 0 Å². The van der Waals surface area contributed by atoms with Gasteiger partial charge in [0.15, 0.2) is 18.0 Å². The average Bonchev–Trinajstić information content (AvgIpc) is 3.81. The van der Waals surface area contributed by atoms with Crippen LogP contribution in [0.3, 0.4) is 0 Å². The van der Waals surface area contributed by atoms with Crippen molar-refractivity contribution in [1.82, 2.24) is 18.7 Å². The minimum absolute atomic E-state index is 0.0150. The van der Waals surface area contributed by atoms with Gasteiger partial charge in [-0.2, -0.15) is 9.18 Å². The van der Waals surface area contributed by atoms with Crippen LogP contribution in [0.25, 0.3) is 49.9 Å². The number of fused-ring (bicyclic) bond motifs is 7. The summed E-state index contributed by atoms with van der Waals surface area (Å²) < 4.78 is 10.6. The summed E-state index contributed by atoms with van der Waals surface area (Å²) in [6.45, 7) is 25.4. The Kier molecular flexibility index (Phi) is 9.83. The van der Waals surface area contributed by atoms with E-state index in [0.717, 1.165) is 50.6 Å². The first kappa shape index (κ1) is 42.8. The molecule has 2 aliphatic rings. The molecule has 11 rings (SSSR count). The molecule has 2 aliphatic heterocycles. The van der Waals surface area contributed by atoms with Crippen LogP contribution in [0, 0.1) is 6.67 Å². The highest BCUT2D eigenvalue weighted by Crippen LogP contribution is 2.76. The first-order valence-electron chi connectivity index (χ1n) is 24.0. The van der Waals surface area contributed by atoms with Crippen LogP contribution in [0.15, 0.2) is 170 Å². The summed E-state index contributed by atoms with van der Waals surface area (Å²) in [6, 6.07) is 60.5. The molecule has 5 heteroatoms. The molecule has 1 fully saturated rings. The topological polar surface area (TPSA) is 27.1 Å². The molecule has 334 valence electrons. The van der Waals surface area contributed by atoms with Gasteiger partial charge in [-0.15, -0.1) is 0 Å². The maximum absolute atomic E-state index is 7.12.